The summed E-state index contributed by atoms with van der Waals surface area (Å²) in [5.74, 6) is -0.137. The van der Waals surface area contributed by atoms with E-state index in [1.807, 2.05) is 57.2 Å². The molecule has 158 valence electrons. The van der Waals surface area contributed by atoms with Crippen LogP contribution in [0.25, 0.3) is 16.8 Å². The summed E-state index contributed by atoms with van der Waals surface area (Å²) in [6.07, 6.45) is 3.48. The number of carbonyl (C=O) groups excluding carboxylic acids is 1. The first-order valence-corrected chi connectivity index (χ1v) is 10.3. The van der Waals surface area contributed by atoms with Crippen LogP contribution in [0.1, 0.15) is 32.6 Å². The lowest BCUT2D eigenvalue weighted by molar-refractivity contribution is 0.0952. The van der Waals surface area contributed by atoms with Crippen LogP contribution in [0.15, 0.2) is 59.7 Å². The highest BCUT2D eigenvalue weighted by Gasteiger charge is 2.12. The van der Waals surface area contributed by atoms with Gasteiger partial charge in [0.15, 0.2) is 0 Å². The summed E-state index contributed by atoms with van der Waals surface area (Å²) >= 11 is 0. The average molecular weight is 415 g/mol. The van der Waals surface area contributed by atoms with Gasteiger partial charge in [0.25, 0.3) is 11.5 Å². The van der Waals surface area contributed by atoms with Crippen molar-refractivity contribution >= 4 is 11.4 Å². The molecule has 0 saturated carbocycles. The molecule has 0 fully saturated rings. The molecule has 0 bridgehead atoms. The molecular weight excluding hydrogens is 388 g/mol. The minimum atomic E-state index is -0.137. The maximum atomic E-state index is 12.9. The molecule has 0 aliphatic rings. The van der Waals surface area contributed by atoms with E-state index in [2.05, 4.69) is 23.4 Å². The molecule has 2 heterocycles. The zero-order valence-electron chi connectivity index (χ0n) is 18.3. The fourth-order valence-corrected chi connectivity index (χ4v) is 3.93. The molecule has 31 heavy (non-hydrogen) atoms. The van der Waals surface area contributed by atoms with E-state index in [0.29, 0.717) is 24.2 Å². The molecule has 0 spiro atoms. The third-order valence-corrected chi connectivity index (χ3v) is 5.38. The number of hydrogen-bond donors (Lipinski definition) is 1. The van der Waals surface area contributed by atoms with Crippen LogP contribution in [0, 0.1) is 27.7 Å². The van der Waals surface area contributed by atoms with Crippen LogP contribution < -0.4 is 10.9 Å². The summed E-state index contributed by atoms with van der Waals surface area (Å²) in [5, 5.41) is 7.47. The average Bonchev–Trinajstić information content (AvgIpc) is 3.13. The topological polar surface area (TPSA) is 68.4 Å². The van der Waals surface area contributed by atoms with Crippen molar-refractivity contribution in [3.05, 3.63) is 93.0 Å². The number of nitrogens with one attached hydrogen (secondary N) is 1. The molecule has 4 rings (SSSR count). The van der Waals surface area contributed by atoms with Crippen LogP contribution in [0.4, 0.5) is 0 Å². The molecule has 4 aromatic rings. The minimum Gasteiger partial charge on any atom is -0.350 e. The highest BCUT2D eigenvalue weighted by molar-refractivity contribution is 5.94. The summed E-state index contributed by atoms with van der Waals surface area (Å²) in [5.41, 5.74) is 7.21. The smallest absolute Gasteiger partial charge is 0.276 e. The maximum Gasteiger partial charge on any atom is 0.276 e. The van der Waals surface area contributed by atoms with Crippen molar-refractivity contribution in [2.45, 2.75) is 34.2 Å². The van der Waals surface area contributed by atoms with Crippen LogP contribution in [0.2, 0.25) is 0 Å². The molecule has 1 N–H and O–H groups in total. The first-order chi connectivity index (χ1) is 14.8. The third-order valence-electron chi connectivity index (χ3n) is 5.38. The zero-order valence-corrected chi connectivity index (χ0v) is 18.3. The van der Waals surface area contributed by atoms with E-state index in [1.165, 1.54) is 5.56 Å². The van der Waals surface area contributed by atoms with E-state index in [9.17, 15) is 9.59 Å². The standard InChI is InChI=1S/C25H26N4O2/c1-16-5-6-21(19(4)12-16)22-15-23-25(31)28(9-10-29(23)27-22)8-7-26-24(30)20-13-17(2)11-18(3)14-20/h5-6,9-15H,7-8H2,1-4H3,(H,26,30). The fourth-order valence-electron chi connectivity index (χ4n) is 3.93. The number of benzene rings is 2. The van der Waals surface area contributed by atoms with Gasteiger partial charge in [-0.1, -0.05) is 41.0 Å². The first kappa shape index (κ1) is 20.6. The lowest BCUT2D eigenvalue weighted by Gasteiger charge is -2.09. The van der Waals surface area contributed by atoms with Crippen molar-refractivity contribution in [3.8, 4) is 11.3 Å². The Bertz CT molecular complexity index is 1330. The number of amides is 1. The van der Waals surface area contributed by atoms with E-state index in [4.69, 9.17) is 0 Å². The van der Waals surface area contributed by atoms with Gasteiger partial charge in [-0.2, -0.15) is 5.10 Å². The summed E-state index contributed by atoms with van der Waals surface area (Å²) in [7, 11) is 0. The molecule has 6 nitrogen and oxygen atoms in total. The number of rotatable bonds is 5. The second-order valence-corrected chi connectivity index (χ2v) is 8.11. The van der Waals surface area contributed by atoms with Crippen molar-refractivity contribution in [3.63, 3.8) is 0 Å². The lowest BCUT2D eigenvalue weighted by atomic mass is 10.0. The SMILES string of the molecule is Cc1cc(C)cc(C(=O)NCCn2ccn3nc(-c4ccc(C)cc4C)cc3c2=O)c1. The van der Waals surface area contributed by atoms with E-state index < -0.39 is 0 Å². The van der Waals surface area contributed by atoms with E-state index in [1.54, 1.807) is 21.5 Å². The highest BCUT2D eigenvalue weighted by atomic mass is 16.1. The maximum absolute atomic E-state index is 12.9. The van der Waals surface area contributed by atoms with Gasteiger partial charge in [-0.05, 0) is 51.5 Å². The Morgan fingerprint density at radius 3 is 2.39 bits per heavy atom. The van der Waals surface area contributed by atoms with E-state index >= 15 is 0 Å². The molecule has 0 aliphatic heterocycles. The Morgan fingerprint density at radius 2 is 1.68 bits per heavy atom. The highest BCUT2D eigenvalue weighted by Crippen LogP contribution is 2.23. The van der Waals surface area contributed by atoms with Crippen LogP contribution in [-0.2, 0) is 6.54 Å². The molecule has 0 atom stereocenters. The summed E-state index contributed by atoms with van der Waals surface area (Å²) in [6, 6.07) is 13.8. The number of aromatic nitrogens is 3. The second kappa shape index (κ2) is 8.22. The van der Waals surface area contributed by atoms with Gasteiger partial charge in [0, 0.05) is 36.6 Å². The van der Waals surface area contributed by atoms with Gasteiger partial charge in [0.2, 0.25) is 0 Å². The van der Waals surface area contributed by atoms with E-state index in [-0.39, 0.29) is 11.5 Å². The Labute approximate surface area is 181 Å². The Hall–Kier alpha value is -3.67. The number of nitrogens with zero attached hydrogens (tertiary/aromatic N) is 3. The Balaban J connectivity index is 1.52. The summed E-state index contributed by atoms with van der Waals surface area (Å²) in [4.78, 5) is 25.4. The molecule has 6 heteroatoms. The molecule has 1 amide bonds. The molecule has 0 aliphatic carbocycles. The van der Waals surface area contributed by atoms with Crippen LogP contribution in [0.5, 0.6) is 0 Å². The quantitative estimate of drug-likeness (QED) is 0.540. The molecule has 2 aromatic carbocycles. The van der Waals surface area contributed by atoms with Gasteiger partial charge in [0.1, 0.15) is 5.52 Å². The van der Waals surface area contributed by atoms with Crippen LogP contribution >= 0.6 is 0 Å². The Kier molecular flexibility index (Phi) is 5.46. The first-order valence-electron chi connectivity index (χ1n) is 10.3. The van der Waals surface area contributed by atoms with E-state index in [0.717, 1.165) is 27.9 Å². The summed E-state index contributed by atoms with van der Waals surface area (Å²) in [6.45, 7) is 8.78. The predicted octanol–water partition coefficient (Wildman–Crippen LogP) is 3.83. The van der Waals surface area contributed by atoms with Crippen LogP contribution in [-0.4, -0.2) is 26.6 Å². The molecular formula is C25H26N4O2. The number of aryl methyl sites for hydroxylation is 4. The van der Waals surface area contributed by atoms with Gasteiger partial charge >= 0.3 is 0 Å². The Morgan fingerprint density at radius 1 is 0.935 bits per heavy atom. The predicted molar refractivity (Wildman–Crippen MR) is 123 cm³/mol. The fraction of sp³-hybridized carbons (Fsp3) is 0.240. The number of carbonyl (C=O) groups is 1. The van der Waals surface area contributed by atoms with Gasteiger partial charge in [-0.25, -0.2) is 4.52 Å². The molecule has 0 saturated heterocycles. The van der Waals surface area contributed by atoms with Crippen LogP contribution in [0.3, 0.4) is 0 Å². The monoisotopic (exact) mass is 414 g/mol. The van der Waals surface area contributed by atoms with Crippen molar-refractivity contribution in [1.29, 1.82) is 0 Å². The molecule has 2 aromatic heterocycles. The van der Waals surface area contributed by atoms with Gasteiger partial charge in [0.05, 0.1) is 5.69 Å². The van der Waals surface area contributed by atoms with Gasteiger partial charge in [-0.15, -0.1) is 0 Å². The number of fused-ring (bicyclic) bond motifs is 1. The van der Waals surface area contributed by atoms with Crippen molar-refractivity contribution in [1.82, 2.24) is 19.5 Å². The number of hydrogen-bond acceptors (Lipinski definition) is 3. The zero-order chi connectivity index (χ0) is 22.1. The molecule has 0 radical (unpaired) electrons. The third kappa shape index (κ3) is 4.28. The summed E-state index contributed by atoms with van der Waals surface area (Å²) < 4.78 is 3.21. The second-order valence-electron chi connectivity index (χ2n) is 8.11. The minimum absolute atomic E-state index is 0.133. The van der Waals surface area contributed by atoms with Gasteiger partial charge in [-0.3, -0.25) is 9.59 Å². The largest absolute Gasteiger partial charge is 0.350 e. The van der Waals surface area contributed by atoms with Crippen molar-refractivity contribution in [2.24, 2.45) is 0 Å². The van der Waals surface area contributed by atoms with Crippen molar-refractivity contribution in [2.75, 3.05) is 6.54 Å². The normalized spacial score (nSPS) is 11.1. The lowest BCUT2D eigenvalue weighted by Crippen LogP contribution is -2.31. The molecule has 0 unspecified atom stereocenters. The van der Waals surface area contributed by atoms with Gasteiger partial charge < -0.3 is 9.88 Å². The van der Waals surface area contributed by atoms with Crippen molar-refractivity contribution < 1.29 is 4.79 Å².